The molecule has 0 amide bonds. The molecular weight excluding hydrogens is 440 g/mol. The summed E-state index contributed by atoms with van der Waals surface area (Å²) in [6.07, 6.45) is 1.15. The average molecular weight is 458 g/mol. The lowest BCUT2D eigenvalue weighted by Crippen LogP contribution is -1.97. The molecule has 0 radical (unpaired) electrons. The molecule has 0 atom stereocenters. The van der Waals surface area contributed by atoms with Crippen molar-refractivity contribution in [1.29, 1.82) is 0 Å². The largest absolute Gasteiger partial charge is 0.486 e. The molecule has 0 saturated heterocycles. The zero-order valence-electron chi connectivity index (χ0n) is 16.4. The smallest absolute Gasteiger partial charge is 0.175 e. The second-order valence-electron chi connectivity index (χ2n) is 6.83. The molecule has 4 aromatic rings. The van der Waals surface area contributed by atoms with E-state index in [1.807, 2.05) is 0 Å². The molecule has 0 aliphatic carbocycles. The first-order chi connectivity index (χ1) is 14.8. The Morgan fingerprint density at radius 2 is 1.39 bits per heavy atom. The van der Waals surface area contributed by atoms with Crippen molar-refractivity contribution in [3.63, 3.8) is 0 Å². The Morgan fingerprint density at radius 1 is 0.839 bits per heavy atom. The van der Waals surface area contributed by atoms with Crippen molar-refractivity contribution in [2.45, 2.75) is 11.5 Å². The summed E-state index contributed by atoms with van der Waals surface area (Å²) in [5.41, 5.74) is 2.17. The van der Waals surface area contributed by atoms with E-state index in [1.165, 1.54) is 59.9 Å². The Bertz CT molecular complexity index is 1300. The zero-order valence-corrected chi connectivity index (χ0v) is 18.0. The third-order valence-corrected chi connectivity index (χ3v) is 6.72. The van der Waals surface area contributed by atoms with Gasteiger partial charge in [0.15, 0.2) is 9.84 Å². The van der Waals surface area contributed by atoms with Gasteiger partial charge in [-0.3, -0.25) is 0 Å². The summed E-state index contributed by atoms with van der Waals surface area (Å²) in [5, 5.41) is 0.672. The highest BCUT2D eigenvalue weighted by Gasteiger charge is 2.17. The number of thiazole rings is 1. The van der Waals surface area contributed by atoms with Gasteiger partial charge >= 0.3 is 0 Å². The van der Waals surface area contributed by atoms with Crippen LogP contribution in [0.25, 0.3) is 21.7 Å². The molecule has 0 unspecified atom stereocenters. The zero-order chi connectivity index (χ0) is 22.0. The second kappa shape index (κ2) is 8.56. The van der Waals surface area contributed by atoms with E-state index in [1.54, 1.807) is 24.3 Å². The van der Waals surface area contributed by atoms with E-state index in [-0.39, 0.29) is 23.1 Å². The summed E-state index contributed by atoms with van der Waals surface area (Å²) in [4.78, 5) is 5.71. The Balaban J connectivity index is 1.70. The average Bonchev–Trinajstić information content (AvgIpc) is 3.18. The van der Waals surface area contributed by atoms with Gasteiger partial charge in [0, 0.05) is 11.8 Å². The second-order valence-corrected chi connectivity index (χ2v) is 9.93. The number of aromatic nitrogens is 1. The van der Waals surface area contributed by atoms with E-state index in [0.717, 1.165) is 22.3 Å². The summed E-state index contributed by atoms with van der Waals surface area (Å²) in [6, 6.07) is 18.3. The van der Waals surface area contributed by atoms with Crippen LogP contribution in [0.2, 0.25) is 0 Å². The molecule has 31 heavy (non-hydrogen) atoms. The fourth-order valence-electron chi connectivity index (χ4n) is 2.95. The first-order valence-electron chi connectivity index (χ1n) is 9.24. The number of nitrogens with zero attached hydrogens (tertiary/aromatic N) is 1. The van der Waals surface area contributed by atoms with Crippen molar-refractivity contribution in [2.24, 2.45) is 0 Å². The summed E-state index contributed by atoms with van der Waals surface area (Å²) < 4.78 is 55.7. The van der Waals surface area contributed by atoms with Gasteiger partial charge in [0.25, 0.3) is 0 Å². The van der Waals surface area contributed by atoms with E-state index in [0.29, 0.717) is 16.5 Å². The highest BCUT2D eigenvalue weighted by atomic mass is 32.2. The molecule has 158 valence electrons. The standard InChI is InChI=1S/C23H17F2NO3S2/c1-31(27,28)20-12-4-15(5-13-20)22-23(16-2-6-17(24)7-3-16)30-21(26-22)14-29-19-10-8-18(25)9-11-19/h2-13H,14H2,1H3. The normalized spacial score (nSPS) is 11.5. The molecular formula is C23H17F2NO3S2. The SMILES string of the molecule is CS(=O)(=O)c1ccc(-c2nc(COc3ccc(F)cc3)sc2-c2ccc(F)cc2)cc1. The van der Waals surface area contributed by atoms with Crippen LogP contribution in [0.5, 0.6) is 5.75 Å². The van der Waals surface area contributed by atoms with Gasteiger partial charge < -0.3 is 4.74 Å². The van der Waals surface area contributed by atoms with E-state index in [4.69, 9.17) is 4.74 Å². The monoisotopic (exact) mass is 457 g/mol. The van der Waals surface area contributed by atoms with Crippen molar-refractivity contribution < 1.29 is 21.9 Å². The summed E-state index contributed by atoms with van der Waals surface area (Å²) in [5.74, 6) is -0.175. The van der Waals surface area contributed by atoms with Crippen molar-refractivity contribution in [2.75, 3.05) is 6.26 Å². The van der Waals surface area contributed by atoms with Gasteiger partial charge in [-0.05, 0) is 54.1 Å². The van der Waals surface area contributed by atoms with E-state index < -0.39 is 9.84 Å². The van der Waals surface area contributed by atoms with Gasteiger partial charge in [0.1, 0.15) is 29.0 Å². The van der Waals surface area contributed by atoms with Crippen LogP contribution in [0, 0.1) is 11.6 Å². The van der Waals surface area contributed by atoms with Crippen molar-refractivity contribution in [1.82, 2.24) is 4.98 Å². The van der Waals surface area contributed by atoms with Gasteiger partial charge in [0.05, 0.1) is 15.5 Å². The molecule has 0 fully saturated rings. The van der Waals surface area contributed by atoms with Crippen LogP contribution < -0.4 is 4.74 Å². The number of halogens is 2. The number of hydrogen-bond donors (Lipinski definition) is 0. The summed E-state index contributed by atoms with van der Waals surface area (Å²) >= 11 is 1.39. The molecule has 1 aromatic heterocycles. The first kappa shape index (κ1) is 21.1. The van der Waals surface area contributed by atoms with Crippen molar-refractivity contribution in [3.8, 4) is 27.4 Å². The summed E-state index contributed by atoms with van der Waals surface area (Å²) in [6.45, 7) is 0.173. The molecule has 4 rings (SSSR count). The molecule has 0 spiro atoms. The third kappa shape index (κ3) is 4.98. The Morgan fingerprint density at radius 3 is 1.97 bits per heavy atom. The minimum Gasteiger partial charge on any atom is -0.486 e. The molecule has 0 N–H and O–H groups in total. The van der Waals surface area contributed by atoms with Crippen LogP contribution in [-0.4, -0.2) is 19.7 Å². The molecule has 0 aliphatic heterocycles. The summed E-state index contributed by atoms with van der Waals surface area (Å²) in [7, 11) is -3.31. The Kier molecular flexibility index (Phi) is 5.84. The van der Waals surface area contributed by atoms with Gasteiger partial charge in [0.2, 0.25) is 0 Å². The fraction of sp³-hybridized carbons (Fsp3) is 0.0870. The first-order valence-corrected chi connectivity index (χ1v) is 11.9. The lowest BCUT2D eigenvalue weighted by atomic mass is 10.1. The number of hydrogen-bond acceptors (Lipinski definition) is 5. The molecule has 4 nitrogen and oxygen atoms in total. The predicted molar refractivity (Wildman–Crippen MR) is 117 cm³/mol. The molecule has 3 aromatic carbocycles. The quantitative estimate of drug-likeness (QED) is 0.371. The maximum atomic E-state index is 13.4. The number of benzene rings is 3. The van der Waals surface area contributed by atoms with Crippen molar-refractivity contribution in [3.05, 3.63) is 89.4 Å². The molecule has 0 bridgehead atoms. The van der Waals surface area contributed by atoms with Crippen LogP contribution in [-0.2, 0) is 16.4 Å². The minimum atomic E-state index is -3.31. The molecule has 0 saturated carbocycles. The van der Waals surface area contributed by atoms with Gasteiger partial charge in [-0.1, -0.05) is 24.3 Å². The van der Waals surface area contributed by atoms with E-state index >= 15 is 0 Å². The van der Waals surface area contributed by atoms with Crippen LogP contribution in [0.1, 0.15) is 5.01 Å². The van der Waals surface area contributed by atoms with Crippen LogP contribution >= 0.6 is 11.3 Å². The highest BCUT2D eigenvalue weighted by molar-refractivity contribution is 7.90. The number of sulfone groups is 1. The van der Waals surface area contributed by atoms with Crippen molar-refractivity contribution >= 4 is 21.2 Å². The molecule has 1 heterocycles. The topological polar surface area (TPSA) is 56.3 Å². The van der Waals surface area contributed by atoms with E-state index in [2.05, 4.69) is 4.98 Å². The van der Waals surface area contributed by atoms with E-state index in [9.17, 15) is 17.2 Å². The van der Waals surface area contributed by atoms with Gasteiger partial charge in [-0.2, -0.15) is 0 Å². The van der Waals surface area contributed by atoms with Crippen LogP contribution in [0.3, 0.4) is 0 Å². The van der Waals surface area contributed by atoms with Gasteiger partial charge in [-0.15, -0.1) is 11.3 Å². The lowest BCUT2D eigenvalue weighted by Gasteiger charge is -2.04. The van der Waals surface area contributed by atoms with Crippen LogP contribution in [0.4, 0.5) is 8.78 Å². The maximum absolute atomic E-state index is 13.4. The Hall–Kier alpha value is -3.10. The maximum Gasteiger partial charge on any atom is 0.175 e. The predicted octanol–water partition coefficient (Wildman–Crippen LogP) is 5.74. The Labute approximate surface area is 182 Å². The number of ether oxygens (including phenoxy) is 1. The third-order valence-electron chi connectivity index (χ3n) is 4.51. The highest BCUT2D eigenvalue weighted by Crippen LogP contribution is 2.37. The van der Waals surface area contributed by atoms with Gasteiger partial charge in [-0.25, -0.2) is 22.2 Å². The fourth-order valence-corrected chi connectivity index (χ4v) is 4.59. The minimum absolute atomic E-state index is 0.173. The lowest BCUT2D eigenvalue weighted by molar-refractivity contribution is 0.305. The molecule has 0 aliphatic rings. The number of rotatable bonds is 6. The molecule has 8 heteroatoms. The van der Waals surface area contributed by atoms with Crippen LogP contribution in [0.15, 0.2) is 77.7 Å².